The summed E-state index contributed by atoms with van der Waals surface area (Å²) in [7, 11) is 0. The van der Waals surface area contributed by atoms with Gasteiger partial charge in [0.25, 0.3) is 0 Å². The summed E-state index contributed by atoms with van der Waals surface area (Å²) in [6.07, 6.45) is 4.35. The normalized spacial score (nSPS) is 16.7. The van der Waals surface area contributed by atoms with Gasteiger partial charge in [0, 0.05) is 18.6 Å². The van der Waals surface area contributed by atoms with Crippen LogP contribution in [0.2, 0.25) is 0 Å². The molecule has 1 saturated heterocycles. The standard InChI is InChI=1S/C16H26N4S/c1-12-7-9-20(10-8-12)14-6-5-13(11-17-14)18-15(21)19-16(2,3)4/h5-6,11-12H,7-10H2,1-4H3,(H2,18,19,21). The molecule has 4 nitrogen and oxygen atoms in total. The van der Waals surface area contributed by atoms with Crippen LogP contribution < -0.4 is 15.5 Å². The van der Waals surface area contributed by atoms with Crippen LogP contribution in [0.25, 0.3) is 0 Å². The zero-order valence-corrected chi connectivity index (χ0v) is 14.3. The highest BCUT2D eigenvalue weighted by Crippen LogP contribution is 2.22. The summed E-state index contributed by atoms with van der Waals surface area (Å²) in [5.74, 6) is 1.89. The van der Waals surface area contributed by atoms with Gasteiger partial charge in [-0.05, 0) is 63.9 Å². The summed E-state index contributed by atoms with van der Waals surface area (Å²) in [4.78, 5) is 6.91. The van der Waals surface area contributed by atoms with E-state index in [4.69, 9.17) is 12.2 Å². The van der Waals surface area contributed by atoms with Gasteiger partial charge in [-0.1, -0.05) is 6.92 Å². The molecular formula is C16H26N4S. The van der Waals surface area contributed by atoms with E-state index in [-0.39, 0.29) is 5.54 Å². The highest BCUT2D eigenvalue weighted by Gasteiger charge is 2.17. The lowest BCUT2D eigenvalue weighted by Crippen LogP contribution is -2.42. The topological polar surface area (TPSA) is 40.2 Å². The third kappa shape index (κ3) is 5.16. The van der Waals surface area contributed by atoms with Gasteiger partial charge in [0.15, 0.2) is 5.11 Å². The second kappa shape index (κ2) is 6.60. The Bertz CT molecular complexity index is 470. The summed E-state index contributed by atoms with van der Waals surface area (Å²) in [5.41, 5.74) is 0.882. The van der Waals surface area contributed by atoms with Crippen molar-refractivity contribution in [1.29, 1.82) is 0 Å². The Labute approximate surface area is 133 Å². The molecule has 1 aromatic rings. The van der Waals surface area contributed by atoms with Crippen molar-refractivity contribution in [3.8, 4) is 0 Å². The van der Waals surface area contributed by atoms with E-state index >= 15 is 0 Å². The quantitative estimate of drug-likeness (QED) is 0.820. The van der Waals surface area contributed by atoms with Crippen molar-refractivity contribution in [2.24, 2.45) is 5.92 Å². The summed E-state index contributed by atoms with van der Waals surface area (Å²) in [5, 5.41) is 7.04. The Morgan fingerprint density at radius 2 is 1.95 bits per heavy atom. The van der Waals surface area contributed by atoms with Crippen molar-refractivity contribution in [1.82, 2.24) is 10.3 Å². The molecular weight excluding hydrogens is 280 g/mol. The fraction of sp³-hybridized carbons (Fsp3) is 0.625. The van der Waals surface area contributed by atoms with Crippen LogP contribution in [0.4, 0.5) is 11.5 Å². The van der Waals surface area contributed by atoms with E-state index in [9.17, 15) is 0 Å². The highest BCUT2D eigenvalue weighted by atomic mass is 32.1. The molecule has 1 aliphatic rings. The van der Waals surface area contributed by atoms with E-state index in [0.29, 0.717) is 5.11 Å². The third-order valence-corrected chi connectivity index (χ3v) is 3.81. The van der Waals surface area contributed by atoms with Crippen molar-refractivity contribution < 1.29 is 0 Å². The first-order valence-electron chi connectivity index (χ1n) is 7.64. The molecule has 0 atom stereocenters. The first-order valence-corrected chi connectivity index (χ1v) is 8.04. The van der Waals surface area contributed by atoms with Crippen LogP contribution in [0.1, 0.15) is 40.5 Å². The van der Waals surface area contributed by atoms with Gasteiger partial charge in [-0.15, -0.1) is 0 Å². The van der Waals surface area contributed by atoms with Gasteiger partial charge in [-0.2, -0.15) is 0 Å². The lowest BCUT2D eigenvalue weighted by Gasteiger charge is -2.31. The summed E-state index contributed by atoms with van der Waals surface area (Å²) in [6, 6.07) is 4.11. The van der Waals surface area contributed by atoms with Gasteiger partial charge in [-0.25, -0.2) is 4.98 Å². The molecule has 0 radical (unpaired) electrons. The molecule has 21 heavy (non-hydrogen) atoms. The van der Waals surface area contributed by atoms with Gasteiger partial charge < -0.3 is 15.5 Å². The van der Waals surface area contributed by atoms with Crippen LogP contribution >= 0.6 is 12.2 Å². The van der Waals surface area contributed by atoms with Crippen molar-refractivity contribution in [2.75, 3.05) is 23.3 Å². The maximum absolute atomic E-state index is 5.29. The van der Waals surface area contributed by atoms with Crippen LogP contribution in [0.5, 0.6) is 0 Å². The van der Waals surface area contributed by atoms with Gasteiger partial charge >= 0.3 is 0 Å². The van der Waals surface area contributed by atoms with Gasteiger partial charge in [0.2, 0.25) is 0 Å². The molecule has 2 rings (SSSR count). The SMILES string of the molecule is CC1CCN(c2ccc(NC(=S)NC(C)(C)C)cn2)CC1. The molecule has 116 valence electrons. The fourth-order valence-electron chi connectivity index (χ4n) is 2.39. The Morgan fingerprint density at radius 1 is 1.29 bits per heavy atom. The lowest BCUT2D eigenvalue weighted by molar-refractivity contribution is 0.436. The van der Waals surface area contributed by atoms with Crippen molar-refractivity contribution in [2.45, 2.75) is 46.1 Å². The molecule has 1 fully saturated rings. The van der Waals surface area contributed by atoms with Crippen molar-refractivity contribution in [3.05, 3.63) is 18.3 Å². The third-order valence-electron chi connectivity index (χ3n) is 3.60. The zero-order chi connectivity index (χ0) is 15.5. The molecule has 1 aromatic heterocycles. The molecule has 2 N–H and O–H groups in total. The lowest BCUT2D eigenvalue weighted by atomic mass is 9.99. The molecule has 2 heterocycles. The fourth-order valence-corrected chi connectivity index (χ4v) is 2.81. The molecule has 0 bridgehead atoms. The number of rotatable bonds is 2. The van der Waals surface area contributed by atoms with E-state index in [1.54, 1.807) is 0 Å². The van der Waals surface area contributed by atoms with E-state index in [1.807, 2.05) is 12.3 Å². The van der Waals surface area contributed by atoms with E-state index in [0.717, 1.165) is 30.5 Å². The van der Waals surface area contributed by atoms with Crippen molar-refractivity contribution in [3.63, 3.8) is 0 Å². The highest BCUT2D eigenvalue weighted by molar-refractivity contribution is 7.80. The van der Waals surface area contributed by atoms with E-state index in [2.05, 4.69) is 54.3 Å². The van der Waals surface area contributed by atoms with Crippen LogP contribution in [0.15, 0.2) is 18.3 Å². The number of hydrogen-bond donors (Lipinski definition) is 2. The number of nitrogens with one attached hydrogen (secondary N) is 2. The van der Waals surface area contributed by atoms with E-state index < -0.39 is 0 Å². The molecule has 5 heteroatoms. The van der Waals surface area contributed by atoms with Crippen LogP contribution in [-0.2, 0) is 0 Å². The smallest absolute Gasteiger partial charge is 0.171 e. The number of nitrogens with zero attached hydrogens (tertiary/aromatic N) is 2. The minimum atomic E-state index is -0.0397. The van der Waals surface area contributed by atoms with Gasteiger partial charge in [0.1, 0.15) is 5.82 Å². The van der Waals surface area contributed by atoms with Crippen LogP contribution in [0, 0.1) is 5.92 Å². The predicted molar refractivity (Wildman–Crippen MR) is 94.0 cm³/mol. The molecule has 0 spiro atoms. The number of anilines is 2. The Balaban J connectivity index is 1.91. The molecule has 0 unspecified atom stereocenters. The maximum Gasteiger partial charge on any atom is 0.171 e. The van der Waals surface area contributed by atoms with Gasteiger partial charge in [-0.3, -0.25) is 0 Å². The second-order valence-corrected chi connectivity index (χ2v) is 7.31. The number of pyridine rings is 1. The Kier molecular flexibility index (Phi) is 5.04. The predicted octanol–water partition coefficient (Wildman–Crippen LogP) is 3.40. The summed E-state index contributed by atoms with van der Waals surface area (Å²) >= 11 is 5.29. The van der Waals surface area contributed by atoms with Crippen molar-refractivity contribution >= 4 is 28.8 Å². The largest absolute Gasteiger partial charge is 0.358 e. The number of aromatic nitrogens is 1. The number of thiocarbonyl (C=S) groups is 1. The first-order chi connectivity index (χ1) is 9.83. The van der Waals surface area contributed by atoms with Crippen LogP contribution in [0.3, 0.4) is 0 Å². The Morgan fingerprint density at radius 3 is 2.48 bits per heavy atom. The Hall–Kier alpha value is -1.36. The molecule has 1 aliphatic heterocycles. The minimum absolute atomic E-state index is 0.0397. The molecule has 0 aliphatic carbocycles. The van der Waals surface area contributed by atoms with Crippen LogP contribution in [-0.4, -0.2) is 28.7 Å². The molecule has 0 aromatic carbocycles. The molecule has 0 amide bonds. The van der Waals surface area contributed by atoms with E-state index in [1.165, 1.54) is 12.8 Å². The average Bonchev–Trinajstić information content (AvgIpc) is 2.38. The van der Waals surface area contributed by atoms with Gasteiger partial charge in [0.05, 0.1) is 11.9 Å². The monoisotopic (exact) mass is 306 g/mol. The second-order valence-electron chi connectivity index (χ2n) is 6.90. The summed E-state index contributed by atoms with van der Waals surface area (Å²) < 4.78 is 0. The zero-order valence-electron chi connectivity index (χ0n) is 13.4. The maximum atomic E-state index is 5.29. The average molecular weight is 306 g/mol. The number of hydrogen-bond acceptors (Lipinski definition) is 3. The number of piperidine rings is 1. The first kappa shape index (κ1) is 16.0. The minimum Gasteiger partial charge on any atom is -0.358 e. The summed E-state index contributed by atoms with van der Waals surface area (Å²) in [6.45, 7) is 10.8. The molecule has 0 saturated carbocycles.